The number of carbonyl (C=O) groups is 1. The molecule has 19 heavy (non-hydrogen) atoms. The summed E-state index contributed by atoms with van der Waals surface area (Å²) in [5, 5.41) is 2.65. The summed E-state index contributed by atoms with van der Waals surface area (Å²) < 4.78 is 13.8. The molecule has 0 saturated heterocycles. The van der Waals surface area contributed by atoms with Gasteiger partial charge in [0.25, 0.3) is 5.91 Å². The van der Waals surface area contributed by atoms with E-state index < -0.39 is 0 Å². The maximum Gasteiger partial charge on any atom is 0.257 e. The number of rotatable bonds is 3. The van der Waals surface area contributed by atoms with Gasteiger partial charge in [-0.2, -0.15) is 0 Å². The normalized spacial score (nSPS) is 10.5. The van der Waals surface area contributed by atoms with Crippen molar-refractivity contribution in [1.82, 2.24) is 4.98 Å². The van der Waals surface area contributed by atoms with E-state index in [2.05, 4.69) is 10.3 Å². The summed E-state index contributed by atoms with van der Waals surface area (Å²) in [4.78, 5) is 15.7. The Balaban J connectivity index is 2.16. The van der Waals surface area contributed by atoms with Gasteiger partial charge in [-0.15, -0.1) is 0 Å². The van der Waals surface area contributed by atoms with Crippen LogP contribution < -0.4 is 5.32 Å². The first-order chi connectivity index (χ1) is 9.08. The van der Waals surface area contributed by atoms with Crippen LogP contribution in [0.15, 0.2) is 42.7 Å². The van der Waals surface area contributed by atoms with Crippen LogP contribution in [0.5, 0.6) is 0 Å². The molecule has 0 spiro atoms. The lowest BCUT2D eigenvalue weighted by Gasteiger charge is -2.10. The van der Waals surface area contributed by atoms with Gasteiger partial charge in [-0.05, 0) is 35.7 Å². The van der Waals surface area contributed by atoms with Gasteiger partial charge in [-0.25, -0.2) is 4.39 Å². The first-order valence-corrected chi connectivity index (χ1v) is 6.08. The monoisotopic (exact) mass is 258 g/mol. The number of hydrogen-bond donors (Lipinski definition) is 1. The smallest absolute Gasteiger partial charge is 0.257 e. The average Bonchev–Trinajstić information content (AvgIpc) is 2.39. The van der Waals surface area contributed by atoms with Gasteiger partial charge in [-0.3, -0.25) is 9.78 Å². The average molecular weight is 258 g/mol. The molecule has 2 aromatic rings. The largest absolute Gasteiger partial charge is 0.322 e. The third kappa shape index (κ3) is 3.16. The molecule has 0 aliphatic rings. The molecule has 1 aromatic carbocycles. The molecule has 1 heterocycles. The van der Waals surface area contributed by atoms with Crippen molar-refractivity contribution >= 4 is 11.6 Å². The molecule has 3 nitrogen and oxygen atoms in total. The van der Waals surface area contributed by atoms with E-state index in [1.54, 1.807) is 30.5 Å². The number of nitrogens with zero attached hydrogens (tertiary/aromatic N) is 1. The Kier molecular flexibility index (Phi) is 3.90. The van der Waals surface area contributed by atoms with Gasteiger partial charge in [0.05, 0.1) is 5.56 Å². The minimum Gasteiger partial charge on any atom is -0.322 e. The molecular weight excluding hydrogens is 243 g/mol. The van der Waals surface area contributed by atoms with Crippen molar-refractivity contribution in [1.29, 1.82) is 0 Å². The fourth-order valence-corrected chi connectivity index (χ4v) is 1.77. The number of nitrogens with one attached hydrogen (secondary N) is 1. The molecular formula is C15H15FN2O. The zero-order valence-electron chi connectivity index (χ0n) is 10.9. The number of carbonyl (C=O) groups excluding carboxylic acids is 1. The Bertz CT molecular complexity index is 582. The lowest BCUT2D eigenvalue weighted by Crippen LogP contribution is -2.12. The Hall–Kier alpha value is -2.23. The van der Waals surface area contributed by atoms with Crippen LogP contribution in [0.4, 0.5) is 10.1 Å². The molecule has 0 radical (unpaired) electrons. The summed E-state index contributed by atoms with van der Waals surface area (Å²) in [7, 11) is 0. The lowest BCUT2D eigenvalue weighted by atomic mass is 10.0. The predicted molar refractivity (Wildman–Crippen MR) is 72.7 cm³/mol. The summed E-state index contributed by atoms with van der Waals surface area (Å²) in [6, 6.07) is 8.06. The van der Waals surface area contributed by atoms with Gasteiger partial charge in [0.15, 0.2) is 0 Å². The van der Waals surface area contributed by atoms with Gasteiger partial charge in [0.2, 0.25) is 0 Å². The zero-order chi connectivity index (χ0) is 13.8. The highest BCUT2D eigenvalue weighted by Gasteiger charge is 2.10. The topological polar surface area (TPSA) is 42.0 Å². The maximum atomic E-state index is 13.8. The molecule has 0 aliphatic heterocycles. The summed E-state index contributed by atoms with van der Waals surface area (Å²) in [6.07, 6.45) is 3.06. The van der Waals surface area contributed by atoms with Crippen LogP contribution in [-0.2, 0) is 0 Å². The zero-order valence-corrected chi connectivity index (χ0v) is 10.9. The van der Waals surface area contributed by atoms with Crippen LogP contribution >= 0.6 is 0 Å². The highest BCUT2D eigenvalue weighted by atomic mass is 19.1. The van der Waals surface area contributed by atoms with Crippen molar-refractivity contribution in [3.05, 3.63) is 59.7 Å². The van der Waals surface area contributed by atoms with Crippen molar-refractivity contribution in [3.8, 4) is 0 Å². The van der Waals surface area contributed by atoms with E-state index in [1.807, 2.05) is 13.8 Å². The van der Waals surface area contributed by atoms with Gasteiger partial charge in [-0.1, -0.05) is 19.9 Å². The Morgan fingerprint density at radius 1 is 1.32 bits per heavy atom. The number of hydrogen-bond acceptors (Lipinski definition) is 2. The second kappa shape index (κ2) is 5.61. The first-order valence-electron chi connectivity index (χ1n) is 6.08. The van der Waals surface area contributed by atoms with Gasteiger partial charge in [0, 0.05) is 18.1 Å². The Labute approximate surface area is 111 Å². The van der Waals surface area contributed by atoms with Crippen molar-refractivity contribution in [2.24, 2.45) is 0 Å². The number of benzene rings is 1. The summed E-state index contributed by atoms with van der Waals surface area (Å²) in [5.41, 5.74) is 1.52. The van der Waals surface area contributed by atoms with E-state index in [9.17, 15) is 9.18 Å². The third-order valence-electron chi connectivity index (χ3n) is 2.80. The van der Waals surface area contributed by atoms with Crippen molar-refractivity contribution in [2.45, 2.75) is 19.8 Å². The van der Waals surface area contributed by atoms with Crippen LogP contribution in [0.3, 0.4) is 0 Å². The maximum absolute atomic E-state index is 13.8. The summed E-state index contributed by atoms with van der Waals surface area (Å²) in [5.74, 6) is -0.494. The number of halogens is 1. The molecule has 1 amide bonds. The van der Waals surface area contributed by atoms with E-state index in [0.29, 0.717) is 16.8 Å². The van der Waals surface area contributed by atoms with Crippen molar-refractivity contribution in [2.75, 3.05) is 5.32 Å². The number of anilines is 1. The minimum atomic E-state index is -0.306. The minimum absolute atomic E-state index is 0.114. The molecule has 4 heteroatoms. The van der Waals surface area contributed by atoms with Gasteiger partial charge in [0.1, 0.15) is 5.82 Å². The van der Waals surface area contributed by atoms with E-state index in [-0.39, 0.29) is 17.6 Å². The Morgan fingerprint density at radius 2 is 2.11 bits per heavy atom. The molecule has 1 N–H and O–H groups in total. The molecule has 0 saturated carbocycles. The van der Waals surface area contributed by atoms with Crippen LogP contribution in [0.25, 0.3) is 0 Å². The lowest BCUT2D eigenvalue weighted by molar-refractivity contribution is 0.102. The quantitative estimate of drug-likeness (QED) is 0.914. The van der Waals surface area contributed by atoms with E-state index in [4.69, 9.17) is 0 Å². The van der Waals surface area contributed by atoms with Crippen LogP contribution in [0, 0.1) is 5.82 Å². The summed E-state index contributed by atoms with van der Waals surface area (Å²) in [6.45, 7) is 3.85. The van der Waals surface area contributed by atoms with E-state index in [0.717, 1.165) is 0 Å². The van der Waals surface area contributed by atoms with Crippen LogP contribution in [-0.4, -0.2) is 10.9 Å². The third-order valence-corrected chi connectivity index (χ3v) is 2.80. The highest BCUT2D eigenvalue weighted by molar-refractivity contribution is 6.04. The molecule has 0 fully saturated rings. The standard InChI is InChI=1S/C15H15FN2O/c1-10(2)13-6-5-12(8-14(13)16)18-15(19)11-4-3-7-17-9-11/h3-10H,1-2H3,(H,18,19). The molecule has 2 rings (SSSR count). The molecule has 1 aromatic heterocycles. The number of pyridine rings is 1. The number of aromatic nitrogens is 1. The molecule has 0 atom stereocenters. The highest BCUT2D eigenvalue weighted by Crippen LogP contribution is 2.21. The summed E-state index contributed by atoms with van der Waals surface area (Å²) >= 11 is 0. The second-order valence-corrected chi connectivity index (χ2v) is 4.59. The van der Waals surface area contributed by atoms with Gasteiger partial charge >= 0.3 is 0 Å². The van der Waals surface area contributed by atoms with Crippen molar-refractivity contribution in [3.63, 3.8) is 0 Å². The number of amides is 1. The van der Waals surface area contributed by atoms with Crippen LogP contribution in [0.1, 0.15) is 35.7 Å². The molecule has 0 bridgehead atoms. The fraction of sp³-hybridized carbons (Fsp3) is 0.200. The molecule has 98 valence electrons. The first kappa shape index (κ1) is 13.2. The predicted octanol–water partition coefficient (Wildman–Crippen LogP) is 3.60. The molecule has 0 unspecified atom stereocenters. The van der Waals surface area contributed by atoms with Crippen molar-refractivity contribution < 1.29 is 9.18 Å². The van der Waals surface area contributed by atoms with Gasteiger partial charge < -0.3 is 5.32 Å². The van der Waals surface area contributed by atoms with E-state index >= 15 is 0 Å². The second-order valence-electron chi connectivity index (χ2n) is 4.59. The molecule has 0 aliphatic carbocycles. The fourth-order valence-electron chi connectivity index (χ4n) is 1.77. The Morgan fingerprint density at radius 3 is 2.68 bits per heavy atom. The van der Waals surface area contributed by atoms with E-state index in [1.165, 1.54) is 12.3 Å². The van der Waals surface area contributed by atoms with Crippen LogP contribution in [0.2, 0.25) is 0 Å². The SMILES string of the molecule is CC(C)c1ccc(NC(=O)c2cccnc2)cc1F.